The minimum Gasteiger partial charge on any atom is -0.360 e. The molecule has 1 amide bonds. The zero-order valence-electron chi connectivity index (χ0n) is 14.5. The lowest BCUT2D eigenvalue weighted by molar-refractivity contribution is 0.102. The number of carbonyl (C=O) groups excluding carboxylic acids is 1. The molecule has 0 fully saturated rings. The fraction of sp³-hybridized carbons (Fsp3) is 0.222. The standard InChI is InChI=1S/C18H19N5O2/c1-10-5-6-14(7-11(10)2)21-16-9-15(19-13(4)20-16)18(24)22-17-8-12(3)25-23-17/h5-9H,1-4H3,(H,19,20,21)(H,22,23,24). The topological polar surface area (TPSA) is 92.9 Å². The van der Waals surface area contributed by atoms with Crippen molar-refractivity contribution in [1.29, 1.82) is 0 Å². The number of anilines is 3. The Morgan fingerprint density at radius 2 is 1.76 bits per heavy atom. The average molecular weight is 337 g/mol. The van der Waals surface area contributed by atoms with E-state index in [2.05, 4.69) is 32.7 Å². The van der Waals surface area contributed by atoms with Gasteiger partial charge in [-0.25, -0.2) is 9.97 Å². The Bertz CT molecular complexity index is 933. The highest BCUT2D eigenvalue weighted by atomic mass is 16.5. The van der Waals surface area contributed by atoms with Crippen LogP contribution in [0.3, 0.4) is 0 Å². The summed E-state index contributed by atoms with van der Waals surface area (Å²) in [5.74, 6) is 1.64. The van der Waals surface area contributed by atoms with E-state index in [4.69, 9.17) is 4.52 Å². The van der Waals surface area contributed by atoms with Gasteiger partial charge in [0.1, 0.15) is 23.1 Å². The van der Waals surface area contributed by atoms with E-state index < -0.39 is 0 Å². The van der Waals surface area contributed by atoms with Crippen LogP contribution >= 0.6 is 0 Å². The van der Waals surface area contributed by atoms with Crippen LogP contribution in [0, 0.1) is 27.7 Å². The van der Waals surface area contributed by atoms with Gasteiger partial charge < -0.3 is 15.2 Å². The molecule has 25 heavy (non-hydrogen) atoms. The maximum absolute atomic E-state index is 12.4. The minimum atomic E-state index is -0.373. The van der Waals surface area contributed by atoms with Crippen molar-refractivity contribution in [3.63, 3.8) is 0 Å². The van der Waals surface area contributed by atoms with Crippen molar-refractivity contribution >= 4 is 23.2 Å². The first-order valence-electron chi connectivity index (χ1n) is 7.85. The number of nitrogens with one attached hydrogen (secondary N) is 2. The zero-order valence-corrected chi connectivity index (χ0v) is 14.5. The molecule has 0 spiro atoms. The van der Waals surface area contributed by atoms with Crippen LogP contribution in [0.25, 0.3) is 0 Å². The second-order valence-electron chi connectivity index (χ2n) is 5.89. The second kappa shape index (κ2) is 6.72. The molecule has 1 aromatic carbocycles. The summed E-state index contributed by atoms with van der Waals surface area (Å²) in [6.45, 7) is 7.60. The molecule has 3 rings (SSSR count). The molecule has 0 aliphatic carbocycles. The van der Waals surface area contributed by atoms with E-state index >= 15 is 0 Å². The molecule has 0 saturated carbocycles. The number of carbonyl (C=O) groups is 1. The molecule has 128 valence electrons. The van der Waals surface area contributed by atoms with Crippen molar-refractivity contribution in [3.8, 4) is 0 Å². The van der Waals surface area contributed by atoms with Crippen LogP contribution < -0.4 is 10.6 Å². The summed E-state index contributed by atoms with van der Waals surface area (Å²) in [6, 6.07) is 9.28. The SMILES string of the molecule is Cc1nc(Nc2ccc(C)c(C)c2)cc(C(=O)Nc2cc(C)on2)n1. The van der Waals surface area contributed by atoms with E-state index in [0.29, 0.717) is 23.2 Å². The van der Waals surface area contributed by atoms with E-state index in [-0.39, 0.29) is 11.6 Å². The summed E-state index contributed by atoms with van der Waals surface area (Å²) < 4.78 is 4.94. The molecule has 0 unspecified atom stereocenters. The molecule has 0 radical (unpaired) electrons. The molecule has 0 bridgehead atoms. The number of rotatable bonds is 4. The van der Waals surface area contributed by atoms with E-state index in [1.54, 1.807) is 26.0 Å². The molecule has 0 aliphatic rings. The van der Waals surface area contributed by atoms with Crippen molar-refractivity contribution in [1.82, 2.24) is 15.1 Å². The number of aryl methyl sites for hydroxylation is 4. The third-order valence-corrected chi connectivity index (χ3v) is 3.72. The number of hydrogen-bond donors (Lipinski definition) is 2. The van der Waals surface area contributed by atoms with Crippen LogP contribution in [0.5, 0.6) is 0 Å². The highest BCUT2D eigenvalue weighted by molar-refractivity contribution is 6.02. The van der Waals surface area contributed by atoms with E-state index in [1.807, 2.05) is 25.1 Å². The highest BCUT2D eigenvalue weighted by Crippen LogP contribution is 2.19. The Labute approximate surface area is 145 Å². The van der Waals surface area contributed by atoms with Crippen LogP contribution in [-0.4, -0.2) is 21.0 Å². The Kier molecular flexibility index (Phi) is 4.47. The normalized spacial score (nSPS) is 10.6. The van der Waals surface area contributed by atoms with Gasteiger partial charge in [-0.15, -0.1) is 0 Å². The zero-order chi connectivity index (χ0) is 18.0. The summed E-state index contributed by atoms with van der Waals surface area (Å²) in [5, 5.41) is 9.61. The van der Waals surface area contributed by atoms with Gasteiger partial charge in [-0.2, -0.15) is 0 Å². The summed E-state index contributed by atoms with van der Waals surface area (Å²) in [5.41, 5.74) is 3.54. The molecule has 2 N–H and O–H groups in total. The molecule has 0 saturated heterocycles. The number of nitrogens with zero attached hydrogens (tertiary/aromatic N) is 3. The number of amides is 1. The summed E-state index contributed by atoms with van der Waals surface area (Å²) in [6.07, 6.45) is 0. The molecule has 7 nitrogen and oxygen atoms in total. The van der Waals surface area contributed by atoms with Crippen LogP contribution in [0.2, 0.25) is 0 Å². The first kappa shape index (κ1) is 16.6. The van der Waals surface area contributed by atoms with Gasteiger partial charge in [0.15, 0.2) is 5.82 Å². The molecule has 2 heterocycles. The molecule has 0 aliphatic heterocycles. The smallest absolute Gasteiger partial charge is 0.275 e. The fourth-order valence-electron chi connectivity index (χ4n) is 2.32. The van der Waals surface area contributed by atoms with Crippen molar-refractivity contribution in [2.45, 2.75) is 27.7 Å². The maximum Gasteiger partial charge on any atom is 0.275 e. The van der Waals surface area contributed by atoms with Gasteiger partial charge in [-0.1, -0.05) is 11.2 Å². The van der Waals surface area contributed by atoms with Crippen molar-refractivity contribution < 1.29 is 9.32 Å². The van der Waals surface area contributed by atoms with Crippen molar-refractivity contribution in [3.05, 3.63) is 58.7 Å². The number of aromatic nitrogens is 3. The Balaban J connectivity index is 1.82. The molecule has 3 aromatic rings. The van der Waals surface area contributed by atoms with E-state index in [1.165, 1.54) is 11.1 Å². The monoisotopic (exact) mass is 337 g/mol. The highest BCUT2D eigenvalue weighted by Gasteiger charge is 2.13. The van der Waals surface area contributed by atoms with Crippen LogP contribution in [0.1, 0.15) is 33.2 Å². The molecule has 0 atom stereocenters. The maximum atomic E-state index is 12.4. The summed E-state index contributed by atoms with van der Waals surface area (Å²) in [4.78, 5) is 20.9. The predicted molar refractivity (Wildman–Crippen MR) is 95.2 cm³/mol. The quantitative estimate of drug-likeness (QED) is 0.754. The predicted octanol–water partition coefficient (Wildman–Crippen LogP) is 3.69. The Morgan fingerprint density at radius 1 is 0.960 bits per heavy atom. The van der Waals surface area contributed by atoms with Gasteiger partial charge in [0, 0.05) is 17.8 Å². The van der Waals surface area contributed by atoms with Crippen molar-refractivity contribution in [2.24, 2.45) is 0 Å². The van der Waals surface area contributed by atoms with E-state index in [0.717, 1.165) is 5.69 Å². The average Bonchev–Trinajstić information content (AvgIpc) is 2.95. The van der Waals surface area contributed by atoms with Gasteiger partial charge in [0.2, 0.25) is 0 Å². The summed E-state index contributed by atoms with van der Waals surface area (Å²) >= 11 is 0. The van der Waals surface area contributed by atoms with Gasteiger partial charge in [0.25, 0.3) is 5.91 Å². The first-order valence-corrected chi connectivity index (χ1v) is 7.85. The molecule has 2 aromatic heterocycles. The molecule has 7 heteroatoms. The number of hydrogen-bond acceptors (Lipinski definition) is 6. The van der Waals surface area contributed by atoms with Crippen molar-refractivity contribution in [2.75, 3.05) is 10.6 Å². The number of benzene rings is 1. The van der Waals surface area contributed by atoms with E-state index in [9.17, 15) is 4.79 Å². The lowest BCUT2D eigenvalue weighted by Crippen LogP contribution is -2.15. The lowest BCUT2D eigenvalue weighted by atomic mass is 10.1. The minimum absolute atomic E-state index is 0.250. The van der Waals surface area contributed by atoms with Gasteiger partial charge in [-0.3, -0.25) is 4.79 Å². The van der Waals surface area contributed by atoms with Crippen LogP contribution in [-0.2, 0) is 0 Å². The van der Waals surface area contributed by atoms with Gasteiger partial charge in [0.05, 0.1) is 0 Å². The third-order valence-electron chi connectivity index (χ3n) is 3.72. The molecular formula is C18H19N5O2. The van der Waals surface area contributed by atoms with Crippen LogP contribution in [0.15, 0.2) is 34.9 Å². The lowest BCUT2D eigenvalue weighted by Gasteiger charge is -2.10. The second-order valence-corrected chi connectivity index (χ2v) is 5.89. The first-order chi connectivity index (χ1) is 11.9. The third kappa shape index (κ3) is 4.00. The summed E-state index contributed by atoms with van der Waals surface area (Å²) in [7, 11) is 0. The molecular weight excluding hydrogens is 318 g/mol. The fourth-order valence-corrected chi connectivity index (χ4v) is 2.32. The van der Waals surface area contributed by atoms with Gasteiger partial charge in [-0.05, 0) is 51.0 Å². The Morgan fingerprint density at radius 3 is 2.44 bits per heavy atom. The Hall–Kier alpha value is -3.22. The van der Waals surface area contributed by atoms with Crippen LogP contribution in [0.4, 0.5) is 17.3 Å². The largest absolute Gasteiger partial charge is 0.360 e. The van der Waals surface area contributed by atoms with Gasteiger partial charge >= 0.3 is 0 Å².